The van der Waals surface area contributed by atoms with Crippen molar-refractivity contribution in [3.63, 3.8) is 0 Å². The van der Waals surface area contributed by atoms with Crippen LogP contribution in [0.5, 0.6) is 5.75 Å². The number of nitrogens with zero attached hydrogens (tertiary/aromatic N) is 1. The molecule has 3 rings (SSSR count). The Morgan fingerprint density at radius 2 is 1.75 bits per heavy atom. The van der Waals surface area contributed by atoms with Crippen molar-refractivity contribution in [3.05, 3.63) is 42.0 Å². The fourth-order valence-corrected chi connectivity index (χ4v) is 2.91. The molecule has 1 fully saturated rings. The Hall–Kier alpha value is -1.58. The highest BCUT2D eigenvalue weighted by Crippen LogP contribution is 2.26. The summed E-state index contributed by atoms with van der Waals surface area (Å²) in [7, 11) is 1.71. The number of ether oxygens (including phenoxy) is 1. The number of nitrogens with one attached hydrogen (secondary N) is 1. The minimum absolute atomic E-state index is 0.476. The highest BCUT2D eigenvalue weighted by atomic mass is 16.5. The average molecular weight is 270 g/mol. The van der Waals surface area contributed by atoms with Crippen LogP contribution in [0.1, 0.15) is 18.5 Å². The molecule has 0 aromatic heterocycles. The lowest BCUT2D eigenvalue weighted by Gasteiger charge is -2.33. The fraction of sp³-hybridized carbons (Fsp3) is 0.412. The van der Waals surface area contributed by atoms with E-state index in [1.165, 1.54) is 16.3 Å². The van der Waals surface area contributed by atoms with Crippen LogP contribution < -0.4 is 10.1 Å². The Bertz CT molecular complexity index is 591. The Morgan fingerprint density at radius 3 is 2.50 bits per heavy atom. The van der Waals surface area contributed by atoms with Crippen molar-refractivity contribution in [2.24, 2.45) is 0 Å². The Morgan fingerprint density at radius 1 is 1.05 bits per heavy atom. The summed E-state index contributed by atoms with van der Waals surface area (Å²) in [6.45, 7) is 6.74. The van der Waals surface area contributed by atoms with Crippen molar-refractivity contribution in [3.8, 4) is 5.75 Å². The maximum atomic E-state index is 5.28. The zero-order chi connectivity index (χ0) is 13.9. The molecule has 1 aliphatic heterocycles. The van der Waals surface area contributed by atoms with Gasteiger partial charge in [0.15, 0.2) is 0 Å². The largest absolute Gasteiger partial charge is 0.497 e. The molecular formula is C17H22N2O. The van der Waals surface area contributed by atoms with Crippen LogP contribution in [0.2, 0.25) is 0 Å². The first kappa shape index (κ1) is 13.4. The van der Waals surface area contributed by atoms with Crippen LogP contribution >= 0.6 is 0 Å². The molecule has 20 heavy (non-hydrogen) atoms. The summed E-state index contributed by atoms with van der Waals surface area (Å²) in [6.07, 6.45) is 0. The predicted molar refractivity (Wildman–Crippen MR) is 83.4 cm³/mol. The molecule has 0 spiro atoms. The Kier molecular flexibility index (Phi) is 3.90. The van der Waals surface area contributed by atoms with E-state index in [1.54, 1.807) is 7.11 Å². The monoisotopic (exact) mass is 270 g/mol. The van der Waals surface area contributed by atoms with E-state index < -0.39 is 0 Å². The molecular weight excluding hydrogens is 248 g/mol. The van der Waals surface area contributed by atoms with E-state index in [4.69, 9.17) is 4.74 Å². The van der Waals surface area contributed by atoms with Gasteiger partial charge in [-0.05, 0) is 41.5 Å². The minimum Gasteiger partial charge on any atom is -0.497 e. The summed E-state index contributed by atoms with van der Waals surface area (Å²) in [4.78, 5) is 2.54. The molecule has 2 aromatic carbocycles. The lowest BCUT2D eigenvalue weighted by atomic mass is 10.0. The highest BCUT2D eigenvalue weighted by Gasteiger charge is 2.17. The molecule has 2 aromatic rings. The number of benzene rings is 2. The molecule has 1 heterocycles. The number of methoxy groups -OCH3 is 1. The van der Waals surface area contributed by atoms with Crippen molar-refractivity contribution < 1.29 is 4.74 Å². The zero-order valence-electron chi connectivity index (χ0n) is 12.2. The summed E-state index contributed by atoms with van der Waals surface area (Å²) in [5.41, 5.74) is 1.39. The van der Waals surface area contributed by atoms with Gasteiger partial charge in [0.2, 0.25) is 0 Å². The Labute approximate surface area is 120 Å². The second kappa shape index (κ2) is 5.81. The summed E-state index contributed by atoms with van der Waals surface area (Å²) < 4.78 is 5.28. The van der Waals surface area contributed by atoms with Crippen molar-refractivity contribution in [2.45, 2.75) is 13.0 Å². The van der Waals surface area contributed by atoms with Crippen molar-refractivity contribution in [1.29, 1.82) is 0 Å². The number of hydrogen-bond acceptors (Lipinski definition) is 3. The number of hydrogen-bond donors (Lipinski definition) is 1. The van der Waals surface area contributed by atoms with Gasteiger partial charge in [0.1, 0.15) is 5.75 Å². The van der Waals surface area contributed by atoms with E-state index in [0.717, 1.165) is 31.9 Å². The van der Waals surface area contributed by atoms with E-state index >= 15 is 0 Å². The van der Waals surface area contributed by atoms with Gasteiger partial charge >= 0.3 is 0 Å². The molecule has 0 aliphatic carbocycles. The van der Waals surface area contributed by atoms with Gasteiger partial charge in [-0.15, -0.1) is 0 Å². The standard InChI is InChI=1S/C17H22N2O/c1-13(19-9-7-18-8-10-19)14-3-4-16-12-17(20-2)6-5-15(16)11-14/h3-6,11-13,18H,7-10H2,1-2H3/t13-/m1/s1. The highest BCUT2D eigenvalue weighted by molar-refractivity contribution is 5.84. The molecule has 0 bridgehead atoms. The van der Waals surface area contributed by atoms with Crippen LogP contribution in [0.4, 0.5) is 0 Å². The lowest BCUT2D eigenvalue weighted by Crippen LogP contribution is -2.44. The quantitative estimate of drug-likeness (QED) is 0.928. The Balaban J connectivity index is 1.88. The zero-order valence-corrected chi connectivity index (χ0v) is 12.2. The molecule has 0 amide bonds. The van der Waals surface area contributed by atoms with Crippen LogP contribution in [0.15, 0.2) is 36.4 Å². The first-order chi connectivity index (χ1) is 9.78. The second-order valence-corrected chi connectivity index (χ2v) is 5.43. The maximum absolute atomic E-state index is 5.28. The SMILES string of the molecule is COc1ccc2cc([C@@H](C)N3CCNCC3)ccc2c1. The average Bonchev–Trinajstić information content (AvgIpc) is 2.54. The third-order valence-electron chi connectivity index (χ3n) is 4.25. The molecule has 1 atom stereocenters. The molecule has 3 heteroatoms. The molecule has 1 aliphatic rings. The van der Waals surface area contributed by atoms with Gasteiger partial charge in [-0.25, -0.2) is 0 Å². The third kappa shape index (κ3) is 2.65. The molecule has 0 saturated carbocycles. The van der Waals surface area contributed by atoms with Crippen molar-refractivity contribution in [2.75, 3.05) is 33.3 Å². The van der Waals surface area contributed by atoms with E-state index in [0.29, 0.717) is 6.04 Å². The second-order valence-electron chi connectivity index (χ2n) is 5.43. The molecule has 0 radical (unpaired) electrons. The minimum atomic E-state index is 0.476. The molecule has 1 N–H and O–H groups in total. The van der Waals surface area contributed by atoms with Crippen LogP contribution in [0.25, 0.3) is 10.8 Å². The fourth-order valence-electron chi connectivity index (χ4n) is 2.91. The third-order valence-corrected chi connectivity index (χ3v) is 4.25. The normalized spacial score (nSPS) is 18.1. The molecule has 0 unspecified atom stereocenters. The van der Waals surface area contributed by atoms with Gasteiger partial charge in [0.05, 0.1) is 7.11 Å². The van der Waals surface area contributed by atoms with Crippen LogP contribution in [-0.4, -0.2) is 38.2 Å². The first-order valence-electron chi connectivity index (χ1n) is 7.30. The number of fused-ring (bicyclic) bond motifs is 1. The van der Waals surface area contributed by atoms with E-state index in [-0.39, 0.29) is 0 Å². The van der Waals surface area contributed by atoms with Crippen LogP contribution in [0, 0.1) is 0 Å². The van der Waals surface area contributed by atoms with Gasteiger partial charge < -0.3 is 10.1 Å². The molecule has 3 nitrogen and oxygen atoms in total. The summed E-state index contributed by atoms with van der Waals surface area (Å²) >= 11 is 0. The summed E-state index contributed by atoms with van der Waals surface area (Å²) in [6, 6.07) is 13.5. The van der Waals surface area contributed by atoms with Gasteiger partial charge in [0, 0.05) is 32.2 Å². The van der Waals surface area contributed by atoms with Gasteiger partial charge in [0.25, 0.3) is 0 Å². The smallest absolute Gasteiger partial charge is 0.119 e. The molecule has 1 saturated heterocycles. The summed E-state index contributed by atoms with van der Waals surface area (Å²) in [5, 5.41) is 5.93. The number of rotatable bonds is 3. The van der Waals surface area contributed by atoms with Gasteiger partial charge in [-0.3, -0.25) is 4.90 Å². The van der Waals surface area contributed by atoms with Gasteiger partial charge in [-0.1, -0.05) is 18.2 Å². The first-order valence-corrected chi connectivity index (χ1v) is 7.30. The molecule has 106 valence electrons. The van der Waals surface area contributed by atoms with E-state index in [2.05, 4.69) is 47.5 Å². The maximum Gasteiger partial charge on any atom is 0.119 e. The predicted octanol–water partition coefficient (Wildman–Crippen LogP) is 2.81. The lowest BCUT2D eigenvalue weighted by molar-refractivity contribution is 0.185. The summed E-state index contributed by atoms with van der Waals surface area (Å²) in [5.74, 6) is 0.917. The topological polar surface area (TPSA) is 24.5 Å². The van der Waals surface area contributed by atoms with Crippen molar-refractivity contribution >= 4 is 10.8 Å². The van der Waals surface area contributed by atoms with Crippen LogP contribution in [-0.2, 0) is 0 Å². The van der Waals surface area contributed by atoms with E-state index in [1.807, 2.05) is 6.07 Å². The number of piperazine rings is 1. The van der Waals surface area contributed by atoms with E-state index in [9.17, 15) is 0 Å². The van der Waals surface area contributed by atoms with Crippen molar-refractivity contribution in [1.82, 2.24) is 10.2 Å². The van der Waals surface area contributed by atoms with Crippen LogP contribution in [0.3, 0.4) is 0 Å². The van der Waals surface area contributed by atoms with Gasteiger partial charge in [-0.2, -0.15) is 0 Å².